The van der Waals surface area contributed by atoms with Crippen LogP contribution in [0.3, 0.4) is 0 Å². The smallest absolute Gasteiger partial charge is 0.119 e. The molecule has 0 aliphatic heterocycles. The summed E-state index contributed by atoms with van der Waals surface area (Å²) >= 11 is 0. The van der Waals surface area contributed by atoms with E-state index < -0.39 is 6.10 Å². The summed E-state index contributed by atoms with van der Waals surface area (Å²) in [5.74, 6) is 0.886. The zero-order chi connectivity index (χ0) is 14.8. The maximum absolute atomic E-state index is 10.5. The molecular weight excluding hydrogens is 262 g/mol. The minimum atomic E-state index is -0.601. The second-order valence-corrected chi connectivity index (χ2v) is 5.77. The fourth-order valence-electron chi connectivity index (χ4n) is 2.25. The van der Waals surface area contributed by atoms with Gasteiger partial charge in [-0.25, -0.2) is 0 Å². The van der Waals surface area contributed by atoms with Gasteiger partial charge >= 0.3 is 0 Å². The Labute approximate surface area is 125 Å². The first kappa shape index (κ1) is 14.0. The topological polar surface area (TPSA) is 32.7 Å². The number of hydrogen-bond donors (Lipinski definition) is 1. The van der Waals surface area contributed by atoms with E-state index in [0.717, 1.165) is 35.4 Å². The van der Waals surface area contributed by atoms with Gasteiger partial charge in [-0.3, -0.25) is 0 Å². The molecule has 0 spiro atoms. The van der Waals surface area contributed by atoms with E-state index >= 15 is 0 Å². The first-order valence-electron chi connectivity index (χ1n) is 7.35. The molecule has 1 saturated carbocycles. The molecule has 1 aliphatic rings. The van der Waals surface area contributed by atoms with Crippen LogP contribution in [0, 0.1) is 0 Å². The summed E-state index contributed by atoms with van der Waals surface area (Å²) in [6.07, 6.45) is 2.11. The summed E-state index contributed by atoms with van der Waals surface area (Å²) in [5, 5.41) is 10.5. The Balaban J connectivity index is 1.72. The van der Waals surface area contributed by atoms with Gasteiger partial charge in [0.15, 0.2) is 0 Å². The van der Waals surface area contributed by atoms with Crippen molar-refractivity contribution in [1.29, 1.82) is 0 Å². The Morgan fingerprint density at radius 3 is 1.95 bits per heavy atom. The number of rotatable bonds is 5. The minimum Gasteiger partial charge on any atom is -0.490 e. The molecular formula is C18H21NO2. The maximum atomic E-state index is 10.5. The normalized spacial score (nSPS) is 15.6. The Morgan fingerprint density at radius 1 is 0.952 bits per heavy atom. The van der Waals surface area contributed by atoms with Gasteiger partial charge in [-0.15, -0.1) is 0 Å². The van der Waals surface area contributed by atoms with Crippen molar-refractivity contribution >= 4 is 5.69 Å². The van der Waals surface area contributed by atoms with Gasteiger partial charge in [0.25, 0.3) is 0 Å². The van der Waals surface area contributed by atoms with Gasteiger partial charge in [-0.2, -0.15) is 0 Å². The molecule has 0 amide bonds. The molecule has 3 heteroatoms. The van der Waals surface area contributed by atoms with Crippen LogP contribution in [0.25, 0.3) is 0 Å². The predicted molar refractivity (Wildman–Crippen MR) is 84.9 cm³/mol. The van der Waals surface area contributed by atoms with E-state index in [9.17, 15) is 5.11 Å². The summed E-state index contributed by atoms with van der Waals surface area (Å²) in [6.45, 7) is 0. The first-order valence-corrected chi connectivity index (χ1v) is 7.35. The molecule has 0 radical (unpaired) electrons. The summed E-state index contributed by atoms with van der Waals surface area (Å²) in [7, 11) is 4.01. The van der Waals surface area contributed by atoms with Gasteiger partial charge in [0.2, 0.25) is 0 Å². The second kappa shape index (κ2) is 5.78. The van der Waals surface area contributed by atoms with Gasteiger partial charge < -0.3 is 14.7 Å². The zero-order valence-corrected chi connectivity index (χ0v) is 12.5. The Morgan fingerprint density at radius 2 is 1.48 bits per heavy atom. The van der Waals surface area contributed by atoms with E-state index in [1.165, 1.54) is 0 Å². The highest BCUT2D eigenvalue weighted by atomic mass is 16.5. The van der Waals surface area contributed by atoms with Crippen molar-refractivity contribution in [2.24, 2.45) is 0 Å². The molecule has 0 bridgehead atoms. The fourth-order valence-corrected chi connectivity index (χ4v) is 2.25. The van der Waals surface area contributed by atoms with Gasteiger partial charge in [-0.1, -0.05) is 24.3 Å². The summed E-state index contributed by atoms with van der Waals surface area (Å²) < 4.78 is 5.72. The van der Waals surface area contributed by atoms with Crippen LogP contribution in [0.2, 0.25) is 0 Å². The predicted octanol–water partition coefficient (Wildman–Crippen LogP) is 3.38. The number of hydrogen-bond acceptors (Lipinski definition) is 3. The molecule has 2 aromatic rings. The van der Waals surface area contributed by atoms with Crippen molar-refractivity contribution in [3.05, 3.63) is 59.7 Å². The third-order valence-electron chi connectivity index (χ3n) is 3.75. The van der Waals surface area contributed by atoms with Crippen LogP contribution in [0.5, 0.6) is 5.75 Å². The number of benzene rings is 2. The summed E-state index contributed by atoms with van der Waals surface area (Å²) in [4.78, 5) is 2.04. The van der Waals surface area contributed by atoms with Crippen LogP contribution in [0.15, 0.2) is 48.5 Å². The van der Waals surface area contributed by atoms with Crippen molar-refractivity contribution < 1.29 is 9.84 Å². The molecule has 1 aliphatic carbocycles. The highest BCUT2D eigenvalue weighted by Gasteiger charge is 2.23. The number of nitrogens with zero attached hydrogens (tertiary/aromatic N) is 1. The van der Waals surface area contributed by atoms with Gasteiger partial charge in [-0.05, 0) is 48.2 Å². The van der Waals surface area contributed by atoms with Crippen LogP contribution in [-0.4, -0.2) is 25.3 Å². The molecule has 3 nitrogen and oxygen atoms in total. The largest absolute Gasteiger partial charge is 0.490 e. The van der Waals surface area contributed by atoms with Crippen molar-refractivity contribution in [3.63, 3.8) is 0 Å². The lowest BCUT2D eigenvalue weighted by molar-refractivity contribution is 0.220. The maximum Gasteiger partial charge on any atom is 0.119 e. The average molecular weight is 283 g/mol. The lowest BCUT2D eigenvalue weighted by Gasteiger charge is -2.16. The fraction of sp³-hybridized carbons (Fsp3) is 0.333. The number of anilines is 1. The van der Waals surface area contributed by atoms with Gasteiger partial charge in [0.1, 0.15) is 11.9 Å². The highest BCUT2D eigenvalue weighted by Crippen LogP contribution is 2.29. The van der Waals surface area contributed by atoms with E-state index in [2.05, 4.69) is 0 Å². The third kappa shape index (κ3) is 3.37. The first-order chi connectivity index (χ1) is 10.1. The quantitative estimate of drug-likeness (QED) is 0.913. The Hall–Kier alpha value is -2.00. The molecule has 21 heavy (non-hydrogen) atoms. The Kier molecular flexibility index (Phi) is 3.84. The van der Waals surface area contributed by atoms with E-state index in [-0.39, 0.29) is 0 Å². The standard InChI is InChI=1S/C18H21NO2/c1-19(2)15-7-3-13(4-8-15)18(20)14-5-9-16(10-6-14)21-17-11-12-17/h3-10,17-18,20H,11-12H2,1-2H3. The van der Waals surface area contributed by atoms with Crippen molar-refractivity contribution in [3.8, 4) is 5.75 Å². The summed E-state index contributed by atoms with van der Waals surface area (Å²) in [5.41, 5.74) is 2.91. The zero-order valence-electron chi connectivity index (χ0n) is 12.5. The van der Waals surface area contributed by atoms with Crippen molar-refractivity contribution in [1.82, 2.24) is 0 Å². The molecule has 0 heterocycles. The molecule has 1 atom stereocenters. The Bertz CT molecular complexity index is 586. The molecule has 110 valence electrons. The molecule has 2 aromatic carbocycles. The van der Waals surface area contributed by atoms with E-state index in [1.54, 1.807) is 0 Å². The van der Waals surface area contributed by atoms with Crippen LogP contribution in [-0.2, 0) is 0 Å². The lowest BCUT2D eigenvalue weighted by atomic mass is 10.0. The van der Waals surface area contributed by atoms with Crippen LogP contribution < -0.4 is 9.64 Å². The molecule has 1 N–H and O–H groups in total. The third-order valence-corrected chi connectivity index (χ3v) is 3.75. The molecule has 3 rings (SSSR count). The minimum absolute atomic E-state index is 0.402. The van der Waals surface area contributed by atoms with Gasteiger partial charge in [0.05, 0.1) is 6.10 Å². The lowest BCUT2D eigenvalue weighted by Crippen LogP contribution is -2.08. The van der Waals surface area contributed by atoms with Crippen molar-refractivity contribution in [2.75, 3.05) is 19.0 Å². The number of ether oxygens (including phenoxy) is 1. The van der Waals surface area contributed by atoms with Crippen LogP contribution in [0.4, 0.5) is 5.69 Å². The number of aliphatic hydroxyl groups is 1. The van der Waals surface area contributed by atoms with Gasteiger partial charge in [0, 0.05) is 19.8 Å². The second-order valence-electron chi connectivity index (χ2n) is 5.77. The van der Waals surface area contributed by atoms with E-state index in [1.807, 2.05) is 67.5 Å². The highest BCUT2D eigenvalue weighted by molar-refractivity contribution is 5.47. The number of aliphatic hydroxyl groups excluding tert-OH is 1. The van der Waals surface area contributed by atoms with E-state index in [0.29, 0.717) is 6.10 Å². The monoisotopic (exact) mass is 283 g/mol. The van der Waals surface area contributed by atoms with E-state index in [4.69, 9.17) is 4.74 Å². The average Bonchev–Trinajstić information content (AvgIpc) is 3.31. The SMILES string of the molecule is CN(C)c1ccc(C(O)c2ccc(OC3CC3)cc2)cc1. The molecule has 1 unspecified atom stereocenters. The molecule has 0 aromatic heterocycles. The summed E-state index contributed by atoms with van der Waals surface area (Å²) in [6, 6.07) is 15.7. The molecule has 1 fully saturated rings. The van der Waals surface area contributed by atoms with Crippen molar-refractivity contribution in [2.45, 2.75) is 25.0 Å². The van der Waals surface area contributed by atoms with Crippen LogP contribution >= 0.6 is 0 Å². The molecule has 0 saturated heterocycles. The van der Waals surface area contributed by atoms with Crippen LogP contribution in [0.1, 0.15) is 30.1 Å².